The van der Waals surface area contributed by atoms with Crippen LogP contribution in [0.5, 0.6) is 0 Å². The molecule has 0 bridgehead atoms. The number of ether oxygens (including phenoxy) is 2. The molecule has 0 fully saturated rings. The Kier molecular flexibility index (Phi) is 10.6. The van der Waals surface area contributed by atoms with E-state index in [0.29, 0.717) is 13.2 Å². The summed E-state index contributed by atoms with van der Waals surface area (Å²) in [6, 6.07) is 18.7. The van der Waals surface area contributed by atoms with Crippen LogP contribution in [0.25, 0.3) is 5.57 Å². The second-order valence-corrected chi connectivity index (χ2v) is 7.43. The van der Waals surface area contributed by atoms with E-state index in [0.717, 1.165) is 40.2 Å². The maximum atomic E-state index is 6.15. The molecule has 0 saturated heterocycles. The highest BCUT2D eigenvalue weighted by Gasteiger charge is 2.06. The molecule has 2 aromatic rings. The first-order valence-corrected chi connectivity index (χ1v) is 11.0. The highest BCUT2D eigenvalue weighted by Crippen LogP contribution is 2.24. The lowest BCUT2D eigenvalue weighted by molar-refractivity contribution is 0.203. The molecular weight excluding hydrogens is 392 g/mol. The van der Waals surface area contributed by atoms with Crippen LogP contribution >= 0.6 is 0 Å². The predicted octanol–water partition coefficient (Wildman–Crippen LogP) is 8.11. The molecule has 166 valence electrons. The van der Waals surface area contributed by atoms with Crippen LogP contribution in [0.1, 0.15) is 37.0 Å². The zero-order chi connectivity index (χ0) is 23.2. The lowest BCUT2D eigenvalue weighted by Gasteiger charge is -2.13. The average molecular weight is 427 g/mol. The standard InChI is InChI=1S/C30H34O2/c1-6-12-26(8-3)22-32-29(13-7-2)20-21-30(28-18-16-24(4)17-19-28)25(5)31-23-27-14-10-9-11-15-27/h6,8-21H,1,3,7,22-23H2,2,4-5H3/b21-20-,26-12+,29-13-,30-25-. The largest absolute Gasteiger partial charge is 0.493 e. The molecule has 0 atom stereocenters. The molecule has 0 aromatic heterocycles. The second-order valence-electron chi connectivity index (χ2n) is 7.43. The molecule has 0 heterocycles. The minimum Gasteiger partial charge on any atom is -0.493 e. The van der Waals surface area contributed by atoms with Gasteiger partial charge >= 0.3 is 0 Å². The minimum atomic E-state index is 0.443. The van der Waals surface area contributed by atoms with Gasteiger partial charge in [-0.05, 0) is 55.2 Å². The van der Waals surface area contributed by atoms with Gasteiger partial charge in [-0.15, -0.1) is 0 Å². The molecule has 0 aliphatic rings. The van der Waals surface area contributed by atoms with Crippen LogP contribution < -0.4 is 0 Å². The Balaban J connectivity index is 2.28. The van der Waals surface area contributed by atoms with E-state index in [4.69, 9.17) is 9.47 Å². The van der Waals surface area contributed by atoms with E-state index in [1.165, 1.54) is 5.56 Å². The molecule has 2 nitrogen and oxygen atoms in total. The summed E-state index contributed by atoms with van der Waals surface area (Å²) in [5.41, 5.74) is 5.47. The van der Waals surface area contributed by atoms with Crippen molar-refractivity contribution in [2.45, 2.75) is 33.8 Å². The molecule has 0 aliphatic carbocycles. The van der Waals surface area contributed by atoms with Gasteiger partial charge in [0.05, 0.1) is 0 Å². The van der Waals surface area contributed by atoms with Gasteiger partial charge in [0.2, 0.25) is 0 Å². The average Bonchev–Trinajstić information content (AvgIpc) is 2.82. The molecule has 2 aromatic carbocycles. The third-order valence-corrected chi connectivity index (χ3v) is 4.86. The molecule has 0 amide bonds. The molecule has 0 N–H and O–H groups in total. The first-order valence-electron chi connectivity index (χ1n) is 11.0. The number of hydrogen-bond donors (Lipinski definition) is 0. The lowest BCUT2D eigenvalue weighted by Crippen LogP contribution is -1.97. The fourth-order valence-electron chi connectivity index (χ4n) is 3.03. The molecule has 0 spiro atoms. The van der Waals surface area contributed by atoms with Crippen LogP contribution in [-0.4, -0.2) is 6.61 Å². The molecule has 0 radical (unpaired) electrons. The normalized spacial score (nSPS) is 13.0. The van der Waals surface area contributed by atoms with Crippen LogP contribution in [0.15, 0.2) is 121 Å². The number of hydrogen-bond acceptors (Lipinski definition) is 2. The summed E-state index contributed by atoms with van der Waals surface area (Å²) in [4.78, 5) is 0. The minimum absolute atomic E-state index is 0.443. The van der Waals surface area contributed by atoms with Crippen molar-refractivity contribution in [2.75, 3.05) is 6.61 Å². The van der Waals surface area contributed by atoms with Crippen molar-refractivity contribution in [3.8, 4) is 0 Å². The smallest absolute Gasteiger partial charge is 0.115 e. The van der Waals surface area contributed by atoms with Crippen molar-refractivity contribution in [1.82, 2.24) is 0 Å². The fourth-order valence-corrected chi connectivity index (χ4v) is 3.03. The van der Waals surface area contributed by atoms with Crippen molar-refractivity contribution >= 4 is 5.57 Å². The van der Waals surface area contributed by atoms with Crippen molar-refractivity contribution in [1.29, 1.82) is 0 Å². The third-order valence-electron chi connectivity index (χ3n) is 4.86. The lowest BCUT2D eigenvalue weighted by atomic mass is 10.0. The zero-order valence-electron chi connectivity index (χ0n) is 19.5. The monoisotopic (exact) mass is 426 g/mol. The Morgan fingerprint density at radius 3 is 2.28 bits per heavy atom. The molecule has 32 heavy (non-hydrogen) atoms. The topological polar surface area (TPSA) is 18.5 Å². The van der Waals surface area contributed by atoms with E-state index in [9.17, 15) is 0 Å². The summed E-state index contributed by atoms with van der Waals surface area (Å²) in [7, 11) is 0. The van der Waals surface area contributed by atoms with E-state index in [-0.39, 0.29) is 0 Å². The van der Waals surface area contributed by atoms with E-state index in [2.05, 4.69) is 75.6 Å². The molecule has 0 unspecified atom stereocenters. The van der Waals surface area contributed by atoms with Gasteiger partial charge in [0.25, 0.3) is 0 Å². The van der Waals surface area contributed by atoms with Gasteiger partial charge in [-0.3, -0.25) is 0 Å². The Morgan fingerprint density at radius 2 is 1.66 bits per heavy atom. The van der Waals surface area contributed by atoms with E-state index < -0.39 is 0 Å². The van der Waals surface area contributed by atoms with E-state index >= 15 is 0 Å². The van der Waals surface area contributed by atoms with Gasteiger partial charge < -0.3 is 9.47 Å². The number of allylic oxidation sites excluding steroid dienone is 7. The van der Waals surface area contributed by atoms with Crippen molar-refractivity contribution < 1.29 is 9.47 Å². The van der Waals surface area contributed by atoms with Gasteiger partial charge in [0.1, 0.15) is 24.7 Å². The summed E-state index contributed by atoms with van der Waals surface area (Å²) in [6.07, 6.45) is 12.4. The SMILES string of the molecule is C=C/C=C(\C=C)COC(/C=C\C(=C(/C)OCc1ccccc1)c1ccc(C)cc1)=C\CC. The summed E-state index contributed by atoms with van der Waals surface area (Å²) in [5.74, 6) is 1.67. The summed E-state index contributed by atoms with van der Waals surface area (Å²) in [5, 5.41) is 0. The molecule has 0 aliphatic heterocycles. The van der Waals surface area contributed by atoms with Crippen LogP contribution in [0.3, 0.4) is 0 Å². The molecule has 0 saturated carbocycles. The van der Waals surface area contributed by atoms with Crippen molar-refractivity contribution in [3.05, 3.63) is 138 Å². The highest BCUT2D eigenvalue weighted by atomic mass is 16.5. The van der Waals surface area contributed by atoms with Crippen LogP contribution in [0, 0.1) is 6.92 Å². The van der Waals surface area contributed by atoms with Gasteiger partial charge in [0, 0.05) is 5.57 Å². The Morgan fingerprint density at radius 1 is 0.938 bits per heavy atom. The van der Waals surface area contributed by atoms with E-state index in [1.54, 1.807) is 12.2 Å². The first kappa shape index (κ1) is 24.7. The first-order chi connectivity index (χ1) is 15.6. The number of benzene rings is 2. The molecule has 2 heteroatoms. The quantitative estimate of drug-likeness (QED) is 0.252. The summed E-state index contributed by atoms with van der Waals surface area (Å²) < 4.78 is 12.2. The Hall–Kier alpha value is -3.52. The Labute approximate surface area is 193 Å². The van der Waals surface area contributed by atoms with Crippen LogP contribution in [0.4, 0.5) is 0 Å². The van der Waals surface area contributed by atoms with Crippen molar-refractivity contribution in [3.63, 3.8) is 0 Å². The maximum absolute atomic E-state index is 6.15. The van der Waals surface area contributed by atoms with Gasteiger partial charge in [0.15, 0.2) is 0 Å². The summed E-state index contributed by atoms with van der Waals surface area (Å²) >= 11 is 0. The molecule has 2 rings (SSSR count). The number of rotatable bonds is 12. The predicted molar refractivity (Wildman–Crippen MR) is 137 cm³/mol. The van der Waals surface area contributed by atoms with Crippen molar-refractivity contribution in [2.24, 2.45) is 0 Å². The van der Waals surface area contributed by atoms with Crippen LogP contribution in [0.2, 0.25) is 0 Å². The zero-order valence-corrected chi connectivity index (χ0v) is 19.5. The van der Waals surface area contributed by atoms with E-state index in [1.807, 2.05) is 37.3 Å². The van der Waals surface area contributed by atoms with Crippen LogP contribution in [-0.2, 0) is 16.1 Å². The fraction of sp³-hybridized carbons (Fsp3) is 0.200. The second kappa shape index (κ2) is 13.7. The van der Waals surface area contributed by atoms with Gasteiger partial charge in [-0.25, -0.2) is 0 Å². The highest BCUT2D eigenvalue weighted by molar-refractivity contribution is 5.76. The van der Waals surface area contributed by atoms with Gasteiger partial charge in [-0.2, -0.15) is 0 Å². The van der Waals surface area contributed by atoms with Gasteiger partial charge in [-0.1, -0.05) is 98.5 Å². The maximum Gasteiger partial charge on any atom is 0.115 e. The third kappa shape index (κ3) is 8.31. The molecular formula is C30H34O2. The number of aryl methyl sites for hydroxylation is 1. The summed E-state index contributed by atoms with van der Waals surface area (Å²) in [6.45, 7) is 14.7. The Bertz CT molecular complexity index is 987.